The summed E-state index contributed by atoms with van der Waals surface area (Å²) < 4.78 is 5.09. The maximum atomic E-state index is 11.6. The summed E-state index contributed by atoms with van der Waals surface area (Å²) in [6.07, 6.45) is 0. The van der Waals surface area contributed by atoms with Crippen LogP contribution in [-0.2, 0) is 0 Å². The number of carboxylic acids is 1. The van der Waals surface area contributed by atoms with E-state index in [9.17, 15) is 19.8 Å². The Hall–Kier alpha value is -3.68. The molecule has 0 aliphatic heterocycles. The number of phenolic OH excluding ortho intramolecular Hbond substituents is 2. The van der Waals surface area contributed by atoms with Crippen LogP contribution in [0.2, 0.25) is 0 Å². The third-order valence-electron chi connectivity index (χ3n) is 3.55. The van der Waals surface area contributed by atoms with Crippen molar-refractivity contribution in [2.75, 3.05) is 0 Å². The summed E-state index contributed by atoms with van der Waals surface area (Å²) in [4.78, 5) is 22.4. The molecule has 8 heteroatoms. The van der Waals surface area contributed by atoms with Crippen molar-refractivity contribution in [1.29, 1.82) is 0 Å². The maximum absolute atomic E-state index is 11.6. The van der Waals surface area contributed by atoms with E-state index in [1.54, 1.807) is 6.92 Å². The Morgan fingerprint density at radius 2 is 1.76 bits per heavy atom. The number of rotatable bonds is 3. The smallest absolute Gasteiger partial charge is 0.336 e. The highest BCUT2D eigenvalue weighted by Crippen LogP contribution is 2.43. The first-order valence-electron chi connectivity index (χ1n) is 7.11. The average Bonchev–Trinajstić information content (AvgIpc) is 2.57. The second-order valence-corrected chi connectivity index (χ2v) is 5.27. The molecule has 0 aliphatic carbocycles. The first-order chi connectivity index (χ1) is 11.9. The molecule has 0 unspecified atom stereocenters. The summed E-state index contributed by atoms with van der Waals surface area (Å²) in [5, 5.41) is 36.9. The second kappa shape index (κ2) is 6.08. The van der Waals surface area contributed by atoms with E-state index in [0.29, 0.717) is 16.6 Å². The SMILES string of the molecule is Cc1cc(=O)oc2c(N=Nc3ccc(C(=O)O)cc3)c(O)c(O)cc12. The number of hydrogen-bond acceptors (Lipinski definition) is 7. The summed E-state index contributed by atoms with van der Waals surface area (Å²) in [6, 6.07) is 8.07. The third kappa shape index (κ3) is 3.05. The van der Waals surface area contributed by atoms with Gasteiger partial charge in [-0.05, 0) is 42.8 Å². The Balaban J connectivity index is 2.13. The molecule has 0 saturated heterocycles. The van der Waals surface area contributed by atoms with Crippen LogP contribution < -0.4 is 5.63 Å². The number of benzene rings is 2. The van der Waals surface area contributed by atoms with Gasteiger partial charge in [-0.1, -0.05) is 0 Å². The lowest BCUT2D eigenvalue weighted by atomic mass is 10.1. The zero-order valence-corrected chi connectivity index (χ0v) is 12.9. The quantitative estimate of drug-likeness (QED) is 0.379. The average molecular weight is 340 g/mol. The molecule has 0 bridgehead atoms. The molecule has 0 spiro atoms. The predicted molar refractivity (Wildman–Crippen MR) is 88.1 cm³/mol. The molecule has 8 nitrogen and oxygen atoms in total. The Bertz CT molecular complexity index is 1070. The van der Waals surface area contributed by atoms with Crippen molar-refractivity contribution in [1.82, 2.24) is 0 Å². The summed E-state index contributed by atoms with van der Waals surface area (Å²) in [5.74, 6) is -2.08. The van der Waals surface area contributed by atoms with Crippen molar-refractivity contribution in [2.24, 2.45) is 10.2 Å². The van der Waals surface area contributed by atoms with Crippen LogP contribution in [0.4, 0.5) is 11.4 Å². The molecular weight excluding hydrogens is 328 g/mol. The first-order valence-corrected chi connectivity index (χ1v) is 7.11. The van der Waals surface area contributed by atoms with Gasteiger partial charge < -0.3 is 19.7 Å². The van der Waals surface area contributed by atoms with Crippen molar-refractivity contribution in [3.63, 3.8) is 0 Å². The summed E-state index contributed by atoms with van der Waals surface area (Å²) >= 11 is 0. The van der Waals surface area contributed by atoms with Gasteiger partial charge in [0.1, 0.15) is 0 Å². The minimum Gasteiger partial charge on any atom is -0.504 e. The molecule has 3 rings (SSSR count). The van der Waals surface area contributed by atoms with Gasteiger partial charge >= 0.3 is 11.6 Å². The molecule has 0 saturated carbocycles. The van der Waals surface area contributed by atoms with E-state index >= 15 is 0 Å². The number of aromatic hydroxyl groups is 2. The monoisotopic (exact) mass is 340 g/mol. The standard InChI is InChI=1S/C17H12N2O6/c1-8-6-13(21)25-16-11(8)7-12(20)15(22)14(16)19-18-10-4-2-9(3-5-10)17(23)24/h2-7,20,22H,1H3,(H,23,24). The molecule has 0 fully saturated rings. The fraction of sp³-hybridized carbons (Fsp3) is 0.0588. The van der Waals surface area contributed by atoms with Crippen LogP contribution >= 0.6 is 0 Å². The lowest BCUT2D eigenvalue weighted by Gasteiger charge is -2.06. The summed E-state index contributed by atoms with van der Waals surface area (Å²) in [5.41, 5.74) is 0.118. The van der Waals surface area contributed by atoms with Gasteiger partial charge in [-0.15, -0.1) is 5.11 Å². The number of fused-ring (bicyclic) bond motifs is 1. The number of carbonyl (C=O) groups is 1. The molecule has 25 heavy (non-hydrogen) atoms. The van der Waals surface area contributed by atoms with Gasteiger partial charge in [-0.2, -0.15) is 5.11 Å². The largest absolute Gasteiger partial charge is 0.504 e. The van der Waals surface area contributed by atoms with Crippen molar-refractivity contribution >= 4 is 28.3 Å². The Morgan fingerprint density at radius 1 is 1.08 bits per heavy atom. The molecule has 0 radical (unpaired) electrons. The van der Waals surface area contributed by atoms with Crippen molar-refractivity contribution < 1.29 is 24.5 Å². The van der Waals surface area contributed by atoms with Gasteiger partial charge in [0.25, 0.3) is 0 Å². The minimum atomic E-state index is -1.07. The number of aryl methyl sites for hydroxylation is 1. The molecule has 3 aromatic rings. The zero-order chi connectivity index (χ0) is 18.1. The van der Waals surface area contributed by atoms with E-state index in [0.717, 1.165) is 0 Å². The number of aromatic carboxylic acids is 1. The van der Waals surface area contributed by atoms with Gasteiger partial charge in [0.2, 0.25) is 0 Å². The molecule has 126 valence electrons. The molecule has 0 atom stereocenters. The number of carboxylic acid groups (broad SMARTS) is 1. The van der Waals surface area contributed by atoms with Crippen LogP contribution in [-0.4, -0.2) is 21.3 Å². The maximum Gasteiger partial charge on any atom is 0.336 e. The van der Waals surface area contributed by atoms with Gasteiger partial charge in [-0.3, -0.25) is 0 Å². The van der Waals surface area contributed by atoms with E-state index < -0.39 is 23.1 Å². The molecule has 1 aromatic heterocycles. The van der Waals surface area contributed by atoms with Gasteiger partial charge in [0.15, 0.2) is 22.8 Å². The van der Waals surface area contributed by atoms with Crippen LogP contribution in [0, 0.1) is 6.92 Å². The van der Waals surface area contributed by atoms with E-state index in [1.165, 1.54) is 36.4 Å². The number of nitrogens with zero attached hydrogens (tertiary/aromatic N) is 2. The third-order valence-corrected chi connectivity index (χ3v) is 3.55. The molecule has 2 aromatic carbocycles. The van der Waals surface area contributed by atoms with E-state index in [4.69, 9.17) is 9.52 Å². The first kappa shape index (κ1) is 16.2. The molecule has 0 amide bonds. The lowest BCUT2D eigenvalue weighted by Crippen LogP contribution is -1.98. The topological polar surface area (TPSA) is 133 Å². The van der Waals surface area contributed by atoms with E-state index in [-0.39, 0.29) is 16.8 Å². The fourth-order valence-corrected chi connectivity index (χ4v) is 2.28. The number of phenols is 2. The Kier molecular flexibility index (Phi) is 3.94. The Morgan fingerprint density at radius 3 is 2.40 bits per heavy atom. The molecular formula is C17H12N2O6. The highest BCUT2D eigenvalue weighted by Gasteiger charge is 2.16. The van der Waals surface area contributed by atoms with Gasteiger partial charge in [0, 0.05) is 11.5 Å². The highest BCUT2D eigenvalue weighted by atomic mass is 16.4. The zero-order valence-electron chi connectivity index (χ0n) is 12.9. The van der Waals surface area contributed by atoms with Crippen molar-refractivity contribution in [3.8, 4) is 11.5 Å². The normalized spacial score (nSPS) is 11.2. The highest BCUT2D eigenvalue weighted by molar-refractivity contribution is 5.94. The summed E-state index contributed by atoms with van der Waals surface area (Å²) in [7, 11) is 0. The van der Waals surface area contributed by atoms with E-state index in [1.807, 2.05) is 0 Å². The number of azo groups is 1. The van der Waals surface area contributed by atoms with Crippen molar-refractivity contribution in [3.05, 3.63) is 57.9 Å². The number of hydrogen-bond donors (Lipinski definition) is 3. The van der Waals surface area contributed by atoms with Crippen molar-refractivity contribution in [2.45, 2.75) is 6.92 Å². The van der Waals surface area contributed by atoms with Crippen LogP contribution in [0.25, 0.3) is 11.0 Å². The molecule has 3 N–H and O–H groups in total. The van der Waals surface area contributed by atoms with Crippen LogP contribution in [0.1, 0.15) is 15.9 Å². The molecule has 1 heterocycles. The van der Waals surface area contributed by atoms with E-state index in [2.05, 4.69) is 10.2 Å². The predicted octanol–water partition coefficient (Wildman–Crippen LogP) is 3.63. The minimum absolute atomic E-state index is 0.00814. The Labute approximate surface area is 140 Å². The van der Waals surface area contributed by atoms with Crippen LogP contribution in [0.15, 0.2) is 55.8 Å². The fourth-order valence-electron chi connectivity index (χ4n) is 2.28. The van der Waals surface area contributed by atoms with Gasteiger partial charge in [-0.25, -0.2) is 9.59 Å². The van der Waals surface area contributed by atoms with Crippen LogP contribution in [0.3, 0.4) is 0 Å². The molecule has 0 aliphatic rings. The lowest BCUT2D eigenvalue weighted by molar-refractivity contribution is 0.0697. The van der Waals surface area contributed by atoms with Gasteiger partial charge in [0.05, 0.1) is 11.3 Å². The van der Waals surface area contributed by atoms with Crippen LogP contribution in [0.5, 0.6) is 11.5 Å². The summed E-state index contributed by atoms with van der Waals surface area (Å²) in [6.45, 7) is 1.65. The second-order valence-electron chi connectivity index (χ2n) is 5.27.